The summed E-state index contributed by atoms with van der Waals surface area (Å²) in [6.45, 7) is 2.22. The van der Waals surface area contributed by atoms with Crippen LogP contribution < -0.4 is 0 Å². The molecule has 3 heteroatoms. The molecule has 0 N–H and O–H groups in total. The van der Waals surface area contributed by atoms with Crippen LogP contribution >= 0.6 is 11.6 Å². The van der Waals surface area contributed by atoms with Crippen molar-refractivity contribution in [3.8, 4) is 0 Å². The van der Waals surface area contributed by atoms with E-state index >= 15 is 0 Å². The molecule has 0 aliphatic carbocycles. The molecule has 80 valence electrons. The molecule has 0 radical (unpaired) electrons. The van der Waals surface area contributed by atoms with E-state index in [2.05, 4.69) is 6.92 Å². The molecule has 1 nitrogen and oxygen atoms in total. The van der Waals surface area contributed by atoms with Gasteiger partial charge in [-0.15, -0.1) is 11.6 Å². The molecule has 0 amide bonds. The molecular weight excluding hydrogens is 204 g/mol. The molecule has 0 aromatic heterocycles. The number of alkyl halides is 1. The van der Waals surface area contributed by atoms with Crippen molar-refractivity contribution >= 4 is 22.4 Å². The lowest BCUT2D eigenvalue weighted by Gasteiger charge is -2.00. The van der Waals surface area contributed by atoms with E-state index in [-0.39, 0.29) is 0 Å². The Hall–Kier alpha value is 0.440. The van der Waals surface area contributed by atoms with Gasteiger partial charge in [-0.25, -0.2) is 0 Å². The minimum atomic E-state index is -0.659. The van der Waals surface area contributed by atoms with Gasteiger partial charge in [0.05, 0.1) is 0 Å². The highest BCUT2D eigenvalue weighted by molar-refractivity contribution is 7.85. The van der Waals surface area contributed by atoms with E-state index in [1.54, 1.807) is 0 Å². The molecule has 0 bridgehead atoms. The highest BCUT2D eigenvalue weighted by Gasteiger charge is 1.97. The third kappa shape index (κ3) is 10.4. The summed E-state index contributed by atoms with van der Waals surface area (Å²) in [4.78, 5) is 0. The monoisotopic (exact) mass is 224 g/mol. The van der Waals surface area contributed by atoms with Crippen molar-refractivity contribution in [1.82, 2.24) is 0 Å². The lowest BCUT2D eigenvalue weighted by atomic mass is 10.1. The Morgan fingerprint density at radius 2 is 1.62 bits per heavy atom. The molecule has 0 aromatic carbocycles. The average molecular weight is 225 g/mol. The molecule has 0 aliphatic heterocycles. The van der Waals surface area contributed by atoms with E-state index in [0.29, 0.717) is 11.6 Å². The predicted octanol–water partition coefficient (Wildman–Crippen LogP) is 3.33. The van der Waals surface area contributed by atoms with Gasteiger partial charge in [0.25, 0.3) is 0 Å². The van der Waals surface area contributed by atoms with E-state index in [1.165, 1.54) is 32.1 Å². The van der Waals surface area contributed by atoms with E-state index in [4.69, 9.17) is 11.6 Å². The molecule has 13 heavy (non-hydrogen) atoms. The van der Waals surface area contributed by atoms with E-state index in [0.717, 1.165) is 12.2 Å². The number of hydrogen-bond donors (Lipinski definition) is 0. The number of unbranched alkanes of at least 4 members (excludes halogenated alkanes) is 5. The fourth-order valence-corrected chi connectivity index (χ4v) is 2.65. The van der Waals surface area contributed by atoms with Crippen molar-refractivity contribution in [3.63, 3.8) is 0 Å². The molecule has 0 rings (SSSR count). The summed E-state index contributed by atoms with van der Waals surface area (Å²) in [5.41, 5.74) is 0. The van der Waals surface area contributed by atoms with Gasteiger partial charge in [0.2, 0.25) is 0 Å². The maximum atomic E-state index is 11.2. The van der Waals surface area contributed by atoms with Crippen LogP contribution in [0.2, 0.25) is 0 Å². The number of rotatable bonds is 9. The molecular formula is C10H21ClOS. The SMILES string of the molecule is CCCCCCCCS(=O)CCCl. The quantitative estimate of drug-likeness (QED) is 0.434. The third-order valence-electron chi connectivity index (χ3n) is 2.03. The Balaban J connectivity index is 3.02. The topological polar surface area (TPSA) is 17.1 Å². The maximum absolute atomic E-state index is 11.2. The third-order valence-corrected chi connectivity index (χ3v) is 3.85. The van der Waals surface area contributed by atoms with Crippen LogP contribution in [0.1, 0.15) is 45.4 Å². The van der Waals surface area contributed by atoms with Gasteiger partial charge in [-0.3, -0.25) is 4.21 Å². The molecule has 0 aromatic rings. The molecule has 1 atom stereocenters. The van der Waals surface area contributed by atoms with E-state index in [1.807, 2.05) is 0 Å². The molecule has 0 aliphatic rings. The number of hydrogen-bond acceptors (Lipinski definition) is 1. The van der Waals surface area contributed by atoms with Gasteiger partial charge < -0.3 is 0 Å². The Bertz CT molecular complexity index is 128. The van der Waals surface area contributed by atoms with Crippen molar-refractivity contribution in [1.29, 1.82) is 0 Å². The summed E-state index contributed by atoms with van der Waals surface area (Å²) in [5, 5.41) is 0. The van der Waals surface area contributed by atoms with Crippen LogP contribution in [0.25, 0.3) is 0 Å². The van der Waals surface area contributed by atoms with Crippen molar-refractivity contribution in [3.05, 3.63) is 0 Å². The molecule has 1 unspecified atom stereocenters. The van der Waals surface area contributed by atoms with Crippen LogP contribution in [0.3, 0.4) is 0 Å². The minimum absolute atomic E-state index is 0.530. The van der Waals surface area contributed by atoms with E-state index < -0.39 is 10.8 Å². The second-order valence-corrected chi connectivity index (χ2v) is 5.38. The van der Waals surface area contributed by atoms with Crippen LogP contribution in [0.5, 0.6) is 0 Å². The van der Waals surface area contributed by atoms with Gasteiger partial charge >= 0.3 is 0 Å². The second-order valence-electron chi connectivity index (χ2n) is 3.30. The summed E-state index contributed by atoms with van der Waals surface area (Å²) in [6.07, 6.45) is 7.59. The van der Waals surface area contributed by atoms with Gasteiger partial charge in [-0.2, -0.15) is 0 Å². The van der Waals surface area contributed by atoms with Crippen LogP contribution in [-0.4, -0.2) is 21.6 Å². The summed E-state index contributed by atoms with van der Waals surface area (Å²) in [6, 6.07) is 0. The molecule has 0 fully saturated rings. The first kappa shape index (κ1) is 13.4. The predicted molar refractivity (Wildman–Crippen MR) is 62.0 cm³/mol. The molecule has 0 heterocycles. The van der Waals surface area contributed by atoms with Crippen molar-refractivity contribution in [2.45, 2.75) is 45.4 Å². The lowest BCUT2D eigenvalue weighted by Crippen LogP contribution is -2.03. The van der Waals surface area contributed by atoms with Crippen molar-refractivity contribution in [2.24, 2.45) is 0 Å². The Morgan fingerprint density at radius 3 is 2.23 bits per heavy atom. The molecule has 0 spiro atoms. The normalized spacial score (nSPS) is 13.1. The van der Waals surface area contributed by atoms with E-state index in [9.17, 15) is 4.21 Å². The van der Waals surface area contributed by atoms with Crippen molar-refractivity contribution in [2.75, 3.05) is 17.4 Å². The van der Waals surface area contributed by atoms with Gasteiger partial charge in [0, 0.05) is 28.2 Å². The Morgan fingerprint density at radius 1 is 1.00 bits per heavy atom. The van der Waals surface area contributed by atoms with Gasteiger partial charge in [-0.1, -0.05) is 39.0 Å². The standard InChI is InChI=1S/C10H21ClOS/c1-2-3-4-5-6-7-9-13(12)10-8-11/h2-10H2,1H3. The fourth-order valence-electron chi connectivity index (χ4n) is 1.23. The average Bonchev–Trinajstić information content (AvgIpc) is 2.11. The van der Waals surface area contributed by atoms with Crippen LogP contribution in [-0.2, 0) is 10.8 Å². The molecule has 0 saturated carbocycles. The first-order valence-corrected chi connectivity index (χ1v) is 7.24. The number of halogens is 1. The van der Waals surface area contributed by atoms with Gasteiger partial charge in [-0.05, 0) is 6.42 Å². The Labute approximate surface area is 89.7 Å². The first-order valence-electron chi connectivity index (χ1n) is 5.22. The zero-order valence-corrected chi connectivity index (χ0v) is 10.1. The minimum Gasteiger partial charge on any atom is -0.260 e. The van der Waals surface area contributed by atoms with Gasteiger partial charge in [0.1, 0.15) is 0 Å². The summed E-state index contributed by atoms with van der Waals surface area (Å²) < 4.78 is 11.2. The van der Waals surface area contributed by atoms with Crippen LogP contribution in [0.4, 0.5) is 0 Å². The fraction of sp³-hybridized carbons (Fsp3) is 1.00. The molecule has 0 saturated heterocycles. The lowest BCUT2D eigenvalue weighted by molar-refractivity contribution is 0.622. The van der Waals surface area contributed by atoms with Crippen LogP contribution in [0.15, 0.2) is 0 Å². The van der Waals surface area contributed by atoms with Crippen molar-refractivity contribution < 1.29 is 4.21 Å². The largest absolute Gasteiger partial charge is 0.260 e. The Kier molecular flexibility index (Phi) is 10.9. The summed E-state index contributed by atoms with van der Waals surface area (Å²) >= 11 is 5.48. The second kappa shape index (κ2) is 10.5. The van der Waals surface area contributed by atoms with Crippen LogP contribution in [0, 0.1) is 0 Å². The first-order chi connectivity index (χ1) is 6.31. The van der Waals surface area contributed by atoms with Gasteiger partial charge in [0.15, 0.2) is 0 Å². The maximum Gasteiger partial charge on any atom is 0.0370 e. The zero-order chi connectivity index (χ0) is 9.94. The highest BCUT2D eigenvalue weighted by Crippen LogP contribution is 2.05. The zero-order valence-electron chi connectivity index (χ0n) is 8.56. The smallest absolute Gasteiger partial charge is 0.0370 e. The summed E-state index contributed by atoms with van der Waals surface area (Å²) in [7, 11) is -0.659. The highest BCUT2D eigenvalue weighted by atomic mass is 35.5. The summed E-state index contributed by atoms with van der Waals surface area (Å²) in [5.74, 6) is 2.04.